The number of rotatable bonds is 4. The van der Waals surface area contributed by atoms with E-state index in [9.17, 15) is 4.79 Å². The van der Waals surface area contributed by atoms with E-state index in [-0.39, 0.29) is 6.03 Å². The van der Waals surface area contributed by atoms with Gasteiger partial charge >= 0.3 is 6.03 Å². The molecule has 0 atom stereocenters. The van der Waals surface area contributed by atoms with Crippen LogP contribution in [0.3, 0.4) is 0 Å². The van der Waals surface area contributed by atoms with Gasteiger partial charge in [-0.25, -0.2) is 4.79 Å². The number of nitrogens with two attached hydrogens (primary N) is 1. The van der Waals surface area contributed by atoms with Crippen LogP contribution < -0.4 is 16.4 Å². The molecule has 1 heterocycles. The largest absolute Gasteiger partial charge is 0.332 e. The molecule has 0 spiro atoms. The Morgan fingerprint density at radius 2 is 1.95 bits per heavy atom. The van der Waals surface area contributed by atoms with Crippen LogP contribution in [0, 0.1) is 6.92 Å². The van der Waals surface area contributed by atoms with Crippen LogP contribution in [-0.2, 0) is 13.1 Å². The lowest BCUT2D eigenvalue weighted by Crippen LogP contribution is -2.28. The Hall–Kier alpha value is -2.47. The number of anilines is 1. The highest BCUT2D eigenvalue weighted by molar-refractivity contribution is 5.89. The number of benzene rings is 1. The molecule has 0 saturated carbocycles. The van der Waals surface area contributed by atoms with Crippen LogP contribution in [-0.4, -0.2) is 16.0 Å². The summed E-state index contributed by atoms with van der Waals surface area (Å²) >= 11 is 0. The fourth-order valence-electron chi connectivity index (χ4n) is 1.58. The summed E-state index contributed by atoms with van der Waals surface area (Å²) in [6, 6.07) is 7.09. The molecule has 6 nitrogen and oxygen atoms in total. The van der Waals surface area contributed by atoms with Gasteiger partial charge in [0, 0.05) is 18.4 Å². The lowest BCUT2D eigenvalue weighted by molar-refractivity contribution is 0.251. The molecule has 0 radical (unpaired) electrons. The van der Waals surface area contributed by atoms with Gasteiger partial charge in [-0.15, -0.1) is 0 Å². The van der Waals surface area contributed by atoms with E-state index in [1.807, 2.05) is 31.2 Å². The molecule has 1 aromatic heterocycles. The van der Waals surface area contributed by atoms with Gasteiger partial charge in [-0.3, -0.25) is 9.97 Å². The predicted octanol–water partition coefficient (Wildman–Crippen LogP) is 1.57. The molecule has 0 fully saturated rings. The van der Waals surface area contributed by atoms with Gasteiger partial charge in [0.25, 0.3) is 0 Å². The minimum atomic E-state index is -0.284. The summed E-state index contributed by atoms with van der Waals surface area (Å²) in [7, 11) is 0. The highest BCUT2D eigenvalue weighted by atomic mass is 16.2. The third-order valence-corrected chi connectivity index (χ3v) is 2.71. The number of carbonyl (C=O) groups is 1. The van der Waals surface area contributed by atoms with Crippen molar-refractivity contribution in [3.8, 4) is 0 Å². The molecule has 0 aliphatic heterocycles. The molecule has 2 aromatic rings. The van der Waals surface area contributed by atoms with Crippen LogP contribution in [0.2, 0.25) is 0 Å². The van der Waals surface area contributed by atoms with E-state index in [0.29, 0.717) is 18.8 Å². The maximum Gasteiger partial charge on any atom is 0.319 e. The van der Waals surface area contributed by atoms with Gasteiger partial charge in [-0.1, -0.05) is 12.1 Å². The first-order valence-corrected chi connectivity index (χ1v) is 6.29. The molecule has 20 heavy (non-hydrogen) atoms. The summed E-state index contributed by atoms with van der Waals surface area (Å²) in [6.07, 6.45) is 3.31. The van der Waals surface area contributed by atoms with Crippen LogP contribution in [0.15, 0.2) is 36.7 Å². The highest BCUT2D eigenvalue weighted by Crippen LogP contribution is 2.08. The summed E-state index contributed by atoms with van der Waals surface area (Å²) in [5.41, 5.74) is 8.81. The van der Waals surface area contributed by atoms with Crippen molar-refractivity contribution in [2.24, 2.45) is 5.73 Å². The normalized spacial score (nSPS) is 10.1. The molecule has 1 aromatic carbocycles. The zero-order valence-electron chi connectivity index (χ0n) is 11.3. The standard InChI is InChI=1S/C14H17N5O/c1-10-7-17-13(8-16-10)9-18-14(20)19-12-4-2-11(6-15)3-5-12/h2-5,7-8H,6,9,15H2,1H3,(H2,18,19,20). The Balaban J connectivity index is 1.84. The van der Waals surface area contributed by atoms with E-state index in [1.54, 1.807) is 12.4 Å². The van der Waals surface area contributed by atoms with Crippen molar-refractivity contribution in [3.63, 3.8) is 0 Å². The van der Waals surface area contributed by atoms with Gasteiger partial charge < -0.3 is 16.4 Å². The molecule has 6 heteroatoms. The van der Waals surface area contributed by atoms with Gasteiger partial charge in [-0.05, 0) is 24.6 Å². The van der Waals surface area contributed by atoms with Crippen LogP contribution in [0.5, 0.6) is 0 Å². The number of aryl methyl sites for hydroxylation is 1. The maximum absolute atomic E-state index is 11.7. The van der Waals surface area contributed by atoms with E-state index >= 15 is 0 Å². The van der Waals surface area contributed by atoms with Crippen LogP contribution in [0.4, 0.5) is 10.5 Å². The second kappa shape index (κ2) is 6.63. The van der Waals surface area contributed by atoms with E-state index in [4.69, 9.17) is 5.73 Å². The first-order valence-electron chi connectivity index (χ1n) is 6.29. The number of hydrogen-bond acceptors (Lipinski definition) is 4. The van der Waals surface area contributed by atoms with Crippen molar-refractivity contribution >= 4 is 11.7 Å². The summed E-state index contributed by atoms with van der Waals surface area (Å²) in [5, 5.41) is 5.45. The molecule has 0 saturated heterocycles. The second-order valence-corrected chi connectivity index (χ2v) is 4.36. The lowest BCUT2D eigenvalue weighted by atomic mass is 10.2. The first-order chi connectivity index (χ1) is 9.67. The summed E-state index contributed by atoms with van der Waals surface area (Å²) in [5.74, 6) is 0. The monoisotopic (exact) mass is 271 g/mol. The van der Waals surface area contributed by atoms with E-state index in [2.05, 4.69) is 20.6 Å². The zero-order chi connectivity index (χ0) is 14.4. The average molecular weight is 271 g/mol. The third-order valence-electron chi connectivity index (χ3n) is 2.71. The zero-order valence-corrected chi connectivity index (χ0v) is 11.3. The smallest absolute Gasteiger partial charge is 0.319 e. The van der Waals surface area contributed by atoms with Gasteiger partial charge in [0.05, 0.1) is 24.1 Å². The van der Waals surface area contributed by atoms with E-state index in [0.717, 1.165) is 16.9 Å². The summed E-state index contributed by atoms with van der Waals surface area (Å²) < 4.78 is 0. The van der Waals surface area contributed by atoms with Gasteiger partial charge in [-0.2, -0.15) is 0 Å². The fourth-order valence-corrected chi connectivity index (χ4v) is 1.58. The molecule has 2 amide bonds. The fraction of sp³-hybridized carbons (Fsp3) is 0.214. The number of nitrogens with zero attached hydrogens (tertiary/aromatic N) is 2. The number of urea groups is 1. The third kappa shape index (κ3) is 4.03. The van der Waals surface area contributed by atoms with Crippen molar-refractivity contribution in [3.05, 3.63) is 53.6 Å². The van der Waals surface area contributed by atoms with E-state index < -0.39 is 0 Å². The number of amides is 2. The first kappa shape index (κ1) is 14.0. The SMILES string of the molecule is Cc1cnc(CNC(=O)Nc2ccc(CN)cc2)cn1. The Kier molecular flexibility index (Phi) is 4.62. The minimum absolute atomic E-state index is 0.284. The number of nitrogens with one attached hydrogen (secondary N) is 2. The topological polar surface area (TPSA) is 92.9 Å². The summed E-state index contributed by atoms with van der Waals surface area (Å²) in [6.45, 7) is 2.68. The summed E-state index contributed by atoms with van der Waals surface area (Å²) in [4.78, 5) is 20.0. The van der Waals surface area contributed by atoms with E-state index in [1.165, 1.54) is 0 Å². The molecule has 0 bridgehead atoms. The molecule has 2 rings (SSSR count). The Bertz CT molecular complexity index is 565. The van der Waals surface area contributed by atoms with Gasteiger partial charge in [0.1, 0.15) is 0 Å². The molecular weight excluding hydrogens is 254 g/mol. The Morgan fingerprint density at radius 3 is 2.55 bits per heavy atom. The Labute approximate surface area is 117 Å². The van der Waals surface area contributed by atoms with Crippen molar-refractivity contribution in [1.29, 1.82) is 0 Å². The maximum atomic E-state index is 11.7. The number of hydrogen-bond donors (Lipinski definition) is 3. The molecular formula is C14H17N5O. The average Bonchev–Trinajstić information content (AvgIpc) is 2.47. The molecule has 0 aliphatic rings. The number of carbonyl (C=O) groups excluding carboxylic acids is 1. The molecule has 4 N–H and O–H groups in total. The van der Waals surface area contributed by atoms with Crippen LogP contribution in [0.1, 0.15) is 17.0 Å². The quantitative estimate of drug-likeness (QED) is 0.786. The van der Waals surface area contributed by atoms with Crippen molar-refractivity contribution in [2.45, 2.75) is 20.0 Å². The minimum Gasteiger partial charge on any atom is -0.332 e. The predicted molar refractivity (Wildman–Crippen MR) is 77.0 cm³/mol. The highest BCUT2D eigenvalue weighted by Gasteiger charge is 2.02. The Morgan fingerprint density at radius 1 is 1.20 bits per heavy atom. The van der Waals surface area contributed by atoms with Crippen molar-refractivity contribution in [1.82, 2.24) is 15.3 Å². The molecule has 0 unspecified atom stereocenters. The molecule has 104 valence electrons. The lowest BCUT2D eigenvalue weighted by Gasteiger charge is -2.07. The van der Waals surface area contributed by atoms with Crippen LogP contribution in [0.25, 0.3) is 0 Å². The van der Waals surface area contributed by atoms with Gasteiger partial charge in [0.2, 0.25) is 0 Å². The second-order valence-electron chi connectivity index (χ2n) is 4.36. The number of aromatic nitrogens is 2. The van der Waals surface area contributed by atoms with Crippen molar-refractivity contribution < 1.29 is 4.79 Å². The van der Waals surface area contributed by atoms with Crippen LogP contribution >= 0.6 is 0 Å². The van der Waals surface area contributed by atoms with Gasteiger partial charge in [0.15, 0.2) is 0 Å². The van der Waals surface area contributed by atoms with Crippen molar-refractivity contribution in [2.75, 3.05) is 5.32 Å². The molecule has 0 aliphatic carbocycles.